The molecule has 11 nitrogen and oxygen atoms in total. The second-order valence-corrected chi connectivity index (χ2v) is 6.00. The summed E-state index contributed by atoms with van der Waals surface area (Å²) < 4.78 is 16.4. The Morgan fingerprint density at radius 1 is 1.29 bits per heavy atom. The number of aromatic nitrogens is 2. The average Bonchev–Trinajstić information content (AvgIpc) is 2.65. The number of H-pyrrole nitrogens is 1. The van der Waals surface area contributed by atoms with Crippen LogP contribution in [-0.2, 0) is 9.30 Å². The van der Waals surface area contributed by atoms with Crippen molar-refractivity contribution in [1.82, 2.24) is 9.55 Å². The van der Waals surface area contributed by atoms with Crippen molar-refractivity contribution in [3.63, 3.8) is 0 Å². The molecular weight excluding hydrogens is 311 g/mol. The molecule has 21 heavy (non-hydrogen) atoms. The van der Waals surface area contributed by atoms with Crippen LogP contribution in [0.2, 0.25) is 0 Å². The molecule has 6 N–H and O–H groups in total. The van der Waals surface area contributed by atoms with E-state index in [-0.39, 0.29) is 4.57 Å². The zero-order valence-corrected chi connectivity index (χ0v) is 11.3. The standard InChI is InChI=1S/C9H13N2O9P/c12-2-3-5(13)6(14)8(20-3)11-7(15)4(21(17,18)19)1-10-9(11)16/h1,3,5-6,8,12-14H,2H2,(H,10,16)(H2,17,18,19)/t3-,5-,6-,8?/m1/s1. The van der Waals surface area contributed by atoms with Crippen LogP contribution >= 0.6 is 7.60 Å². The maximum atomic E-state index is 12.0. The van der Waals surface area contributed by atoms with Crippen LogP contribution in [0.15, 0.2) is 15.8 Å². The van der Waals surface area contributed by atoms with E-state index in [0.29, 0.717) is 6.20 Å². The molecule has 1 aliphatic rings. The summed E-state index contributed by atoms with van der Waals surface area (Å²) in [6.45, 7) is -0.681. The Labute approximate surface area is 116 Å². The van der Waals surface area contributed by atoms with E-state index in [0.717, 1.165) is 0 Å². The van der Waals surface area contributed by atoms with Crippen molar-refractivity contribution < 1.29 is 34.4 Å². The summed E-state index contributed by atoms with van der Waals surface area (Å²) in [4.78, 5) is 43.7. The average molecular weight is 324 g/mol. The highest BCUT2D eigenvalue weighted by molar-refractivity contribution is 7.60. The Morgan fingerprint density at radius 2 is 1.90 bits per heavy atom. The van der Waals surface area contributed by atoms with Crippen molar-refractivity contribution in [3.05, 3.63) is 27.0 Å². The largest absolute Gasteiger partial charge is 0.394 e. The molecule has 1 aromatic heterocycles. The van der Waals surface area contributed by atoms with Crippen LogP contribution in [0, 0.1) is 0 Å². The number of hydrogen-bond acceptors (Lipinski definition) is 7. The molecule has 118 valence electrons. The number of aliphatic hydroxyl groups is 3. The summed E-state index contributed by atoms with van der Waals surface area (Å²) in [7, 11) is -4.95. The highest BCUT2D eigenvalue weighted by atomic mass is 31.2. The van der Waals surface area contributed by atoms with Crippen LogP contribution in [0.3, 0.4) is 0 Å². The fourth-order valence-electron chi connectivity index (χ4n) is 2.01. The van der Waals surface area contributed by atoms with Gasteiger partial charge in [-0.1, -0.05) is 0 Å². The Kier molecular flexibility index (Phi) is 4.17. The van der Waals surface area contributed by atoms with E-state index in [1.165, 1.54) is 0 Å². The van der Waals surface area contributed by atoms with Crippen molar-refractivity contribution in [2.45, 2.75) is 24.5 Å². The SMILES string of the molecule is O=c1[nH]cc(P(=O)(O)O)c(=O)n1C1O[C@H](CO)[C@@H](O)[C@H]1O. The molecule has 0 aromatic carbocycles. The molecule has 0 saturated carbocycles. The first-order chi connectivity index (χ1) is 9.68. The molecule has 4 atom stereocenters. The van der Waals surface area contributed by atoms with E-state index < -0.39 is 55.3 Å². The Bertz CT molecular complexity index is 691. The van der Waals surface area contributed by atoms with Crippen LogP contribution < -0.4 is 16.6 Å². The van der Waals surface area contributed by atoms with Gasteiger partial charge in [-0.25, -0.2) is 9.36 Å². The lowest BCUT2D eigenvalue weighted by Crippen LogP contribution is -2.48. The summed E-state index contributed by atoms with van der Waals surface area (Å²) in [5, 5.41) is 27.3. The lowest BCUT2D eigenvalue weighted by Gasteiger charge is -2.17. The van der Waals surface area contributed by atoms with Gasteiger partial charge in [0.15, 0.2) is 6.23 Å². The molecule has 0 spiro atoms. The van der Waals surface area contributed by atoms with E-state index in [2.05, 4.69) is 0 Å². The molecule has 0 bridgehead atoms. The minimum absolute atomic E-state index is 0.248. The summed E-state index contributed by atoms with van der Waals surface area (Å²) in [6, 6.07) is 0. The topological polar surface area (TPSA) is 182 Å². The predicted octanol–water partition coefficient (Wildman–Crippen LogP) is -4.05. The number of aliphatic hydroxyl groups excluding tert-OH is 3. The van der Waals surface area contributed by atoms with Gasteiger partial charge in [-0.15, -0.1) is 0 Å². The van der Waals surface area contributed by atoms with Gasteiger partial charge in [-0.2, -0.15) is 0 Å². The van der Waals surface area contributed by atoms with E-state index in [1.807, 2.05) is 4.98 Å². The van der Waals surface area contributed by atoms with Gasteiger partial charge >= 0.3 is 13.3 Å². The van der Waals surface area contributed by atoms with Crippen LogP contribution in [0.5, 0.6) is 0 Å². The lowest BCUT2D eigenvalue weighted by atomic mass is 10.1. The monoisotopic (exact) mass is 324 g/mol. The van der Waals surface area contributed by atoms with E-state index in [9.17, 15) is 24.4 Å². The fraction of sp³-hybridized carbons (Fsp3) is 0.556. The molecular formula is C9H13N2O9P. The zero-order chi connectivity index (χ0) is 15.9. The van der Waals surface area contributed by atoms with Gasteiger partial charge in [0, 0.05) is 6.20 Å². The Morgan fingerprint density at radius 3 is 2.38 bits per heavy atom. The molecule has 1 unspecified atom stereocenters. The van der Waals surface area contributed by atoms with Crippen LogP contribution in [0.25, 0.3) is 0 Å². The zero-order valence-electron chi connectivity index (χ0n) is 10.4. The quantitative estimate of drug-likeness (QED) is 0.301. The highest BCUT2D eigenvalue weighted by Gasteiger charge is 2.45. The number of nitrogens with zero attached hydrogens (tertiary/aromatic N) is 1. The molecule has 0 radical (unpaired) electrons. The number of rotatable bonds is 3. The first-order valence-electron chi connectivity index (χ1n) is 5.71. The van der Waals surface area contributed by atoms with Gasteiger partial charge in [0.1, 0.15) is 23.6 Å². The number of aromatic amines is 1. The van der Waals surface area contributed by atoms with Crippen LogP contribution in [0.1, 0.15) is 6.23 Å². The molecule has 0 amide bonds. The third kappa shape index (κ3) is 2.72. The number of hydrogen-bond donors (Lipinski definition) is 6. The minimum atomic E-state index is -4.95. The van der Waals surface area contributed by atoms with Crippen LogP contribution in [-0.4, -0.2) is 59.6 Å². The van der Waals surface area contributed by atoms with Gasteiger partial charge in [-0.3, -0.25) is 9.36 Å². The summed E-state index contributed by atoms with van der Waals surface area (Å²) in [5.74, 6) is 0. The van der Waals surface area contributed by atoms with Crippen molar-refractivity contribution in [1.29, 1.82) is 0 Å². The third-order valence-electron chi connectivity index (χ3n) is 3.07. The first-order valence-corrected chi connectivity index (χ1v) is 7.32. The lowest BCUT2D eigenvalue weighted by molar-refractivity contribution is -0.0563. The van der Waals surface area contributed by atoms with Gasteiger partial charge in [-0.05, 0) is 0 Å². The van der Waals surface area contributed by atoms with Gasteiger partial charge in [0.25, 0.3) is 5.56 Å². The van der Waals surface area contributed by atoms with Crippen molar-refractivity contribution in [3.8, 4) is 0 Å². The molecule has 1 saturated heterocycles. The number of nitrogens with one attached hydrogen (secondary N) is 1. The maximum Gasteiger partial charge on any atom is 0.363 e. The molecule has 1 aromatic rings. The summed E-state index contributed by atoms with van der Waals surface area (Å²) in [5.41, 5.74) is -2.45. The Hall–Kier alpha value is -1.33. The van der Waals surface area contributed by atoms with Crippen LogP contribution in [0.4, 0.5) is 0 Å². The first kappa shape index (κ1) is 16.0. The smallest absolute Gasteiger partial charge is 0.363 e. The van der Waals surface area contributed by atoms with Gasteiger partial charge in [0.2, 0.25) is 0 Å². The number of ether oxygens (including phenoxy) is 1. The molecule has 1 aliphatic heterocycles. The van der Waals surface area contributed by atoms with Gasteiger partial charge in [0.05, 0.1) is 6.61 Å². The Balaban J connectivity index is 2.58. The van der Waals surface area contributed by atoms with E-state index in [4.69, 9.17) is 19.6 Å². The molecule has 0 aliphatic carbocycles. The molecule has 1 fully saturated rings. The predicted molar refractivity (Wildman–Crippen MR) is 66.0 cm³/mol. The van der Waals surface area contributed by atoms with E-state index >= 15 is 0 Å². The fourth-order valence-corrected chi connectivity index (χ4v) is 2.60. The third-order valence-corrected chi connectivity index (χ3v) is 4.02. The maximum absolute atomic E-state index is 12.0. The molecule has 2 heterocycles. The second-order valence-electron chi connectivity index (χ2n) is 4.43. The second kappa shape index (κ2) is 5.46. The van der Waals surface area contributed by atoms with Gasteiger partial charge < -0.3 is 34.8 Å². The highest BCUT2D eigenvalue weighted by Crippen LogP contribution is 2.31. The summed E-state index contributed by atoms with van der Waals surface area (Å²) in [6.07, 6.45) is -5.64. The molecule has 12 heteroatoms. The normalized spacial score (nSPS) is 29.8. The van der Waals surface area contributed by atoms with Crippen molar-refractivity contribution in [2.24, 2.45) is 0 Å². The van der Waals surface area contributed by atoms with Crippen molar-refractivity contribution >= 4 is 12.9 Å². The van der Waals surface area contributed by atoms with E-state index in [1.54, 1.807) is 0 Å². The molecule has 2 rings (SSSR count). The van der Waals surface area contributed by atoms with Crippen molar-refractivity contribution in [2.75, 3.05) is 6.61 Å². The minimum Gasteiger partial charge on any atom is -0.394 e. The summed E-state index contributed by atoms with van der Waals surface area (Å²) >= 11 is 0.